The van der Waals surface area contributed by atoms with Gasteiger partial charge in [0, 0.05) is 5.39 Å². The van der Waals surface area contributed by atoms with Gasteiger partial charge in [-0.15, -0.1) is 0 Å². The smallest absolute Gasteiger partial charge is 0.253 e. The molecule has 1 saturated carbocycles. The Bertz CT molecular complexity index is 1240. The number of carbonyl (C=O) groups is 1. The lowest BCUT2D eigenvalue weighted by Crippen LogP contribution is -2.33. The Hall–Kier alpha value is -2.57. The van der Waals surface area contributed by atoms with Crippen LogP contribution in [0.25, 0.3) is 21.9 Å². The number of pyridine rings is 1. The molecule has 4 rings (SSSR count). The first-order chi connectivity index (χ1) is 14.9. The van der Waals surface area contributed by atoms with Gasteiger partial charge in [-0.2, -0.15) is 4.57 Å². The number of aliphatic hydroxyl groups excluding tert-OH is 1. The van der Waals surface area contributed by atoms with Crippen molar-refractivity contribution in [3.8, 4) is 11.1 Å². The van der Waals surface area contributed by atoms with Crippen molar-refractivity contribution in [3.63, 3.8) is 0 Å². The molecule has 1 fully saturated rings. The Balaban J connectivity index is 2.00. The van der Waals surface area contributed by atoms with Gasteiger partial charge in [0.05, 0.1) is 27.7 Å². The van der Waals surface area contributed by atoms with Crippen molar-refractivity contribution in [2.75, 3.05) is 5.75 Å². The molecule has 0 unspecified atom stereocenters. The number of aldehydes is 1. The predicted molar refractivity (Wildman–Crippen MR) is 121 cm³/mol. The van der Waals surface area contributed by atoms with Crippen LogP contribution in [0.4, 0.5) is 0 Å². The van der Waals surface area contributed by atoms with Crippen LogP contribution in [0.2, 0.25) is 0 Å². The summed E-state index contributed by atoms with van der Waals surface area (Å²) in [5.74, 6) is 0.298. The van der Waals surface area contributed by atoms with Gasteiger partial charge in [-0.05, 0) is 60.9 Å². The quantitative estimate of drug-likeness (QED) is 0.483. The molecule has 0 saturated heterocycles. The van der Waals surface area contributed by atoms with Gasteiger partial charge in [0.1, 0.15) is 7.05 Å². The van der Waals surface area contributed by atoms with Crippen molar-refractivity contribution in [1.29, 1.82) is 0 Å². The van der Waals surface area contributed by atoms with Crippen LogP contribution in [0, 0.1) is 0 Å². The zero-order valence-electron chi connectivity index (χ0n) is 17.9. The van der Waals surface area contributed by atoms with E-state index in [0.717, 1.165) is 59.4 Å². The third-order valence-electron chi connectivity index (χ3n) is 6.50. The average molecular weight is 439 g/mol. The standard InChI is InChI=1S/C25H28NO4S/c1-3-31(29,30)19-12-13-20(17-8-10-18(28)11-9-17)23(14-19)24-15-26(2)25(16-27)22-7-5-4-6-21(22)24/h4-7,12-18,28H,3,8-11H2,1-2H3/q+1. The summed E-state index contributed by atoms with van der Waals surface area (Å²) in [5, 5.41) is 11.7. The molecule has 6 heteroatoms. The molecule has 5 nitrogen and oxygen atoms in total. The Labute approximate surface area is 183 Å². The highest BCUT2D eigenvalue weighted by Gasteiger charge is 2.27. The van der Waals surface area contributed by atoms with E-state index in [-0.39, 0.29) is 17.8 Å². The summed E-state index contributed by atoms with van der Waals surface area (Å²) < 4.78 is 27.1. The Morgan fingerprint density at radius 3 is 2.35 bits per heavy atom. The molecule has 1 aliphatic rings. The molecule has 31 heavy (non-hydrogen) atoms. The van der Waals surface area contributed by atoms with Crippen LogP contribution in [0.5, 0.6) is 0 Å². The van der Waals surface area contributed by atoms with E-state index in [2.05, 4.69) is 0 Å². The van der Waals surface area contributed by atoms with Gasteiger partial charge >= 0.3 is 0 Å². The number of aliphatic hydroxyl groups is 1. The Morgan fingerprint density at radius 1 is 1.03 bits per heavy atom. The first kappa shape index (κ1) is 21.7. The van der Waals surface area contributed by atoms with Crippen LogP contribution in [0.3, 0.4) is 0 Å². The predicted octanol–water partition coefficient (Wildman–Crippen LogP) is 3.96. The number of hydrogen-bond donors (Lipinski definition) is 1. The molecule has 0 bridgehead atoms. The number of rotatable bonds is 5. The summed E-state index contributed by atoms with van der Waals surface area (Å²) in [6.07, 6.45) is 5.74. The molecule has 1 heterocycles. The van der Waals surface area contributed by atoms with Crippen LogP contribution < -0.4 is 4.57 Å². The Kier molecular flexibility index (Phi) is 5.95. The van der Waals surface area contributed by atoms with Gasteiger partial charge in [0.2, 0.25) is 6.29 Å². The van der Waals surface area contributed by atoms with E-state index >= 15 is 0 Å². The number of fused-ring (bicyclic) bond motifs is 1. The molecular formula is C25H28NO4S+. The number of hydrogen-bond acceptors (Lipinski definition) is 4. The SMILES string of the molecule is CCS(=O)(=O)c1ccc(C2CCC(O)CC2)c(-c2c[n+](C)c(C=O)c3ccccc23)c1. The van der Waals surface area contributed by atoms with Gasteiger partial charge in [-0.3, -0.25) is 4.79 Å². The molecular weight excluding hydrogens is 410 g/mol. The number of aromatic nitrogens is 1. The third-order valence-corrected chi connectivity index (χ3v) is 8.23. The molecule has 2 aromatic carbocycles. The molecule has 0 radical (unpaired) electrons. The molecule has 0 spiro atoms. The number of sulfone groups is 1. The summed E-state index contributed by atoms with van der Waals surface area (Å²) in [5.41, 5.74) is 3.49. The second-order valence-electron chi connectivity index (χ2n) is 8.36. The van der Waals surface area contributed by atoms with E-state index in [9.17, 15) is 18.3 Å². The number of benzene rings is 2. The fourth-order valence-corrected chi connectivity index (χ4v) is 5.60. The number of carbonyl (C=O) groups excluding carboxylic acids is 1. The highest BCUT2D eigenvalue weighted by atomic mass is 32.2. The van der Waals surface area contributed by atoms with E-state index in [4.69, 9.17) is 0 Å². The number of nitrogens with zero attached hydrogens (tertiary/aromatic N) is 1. The molecule has 1 aromatic heterocycles. The lowest BCUT2D eigenvalue weighted by atomic mass is 9.79. The average Bonchev–Trinajstić information content (AvgIpc) is 2.79. The molecule has 0 amide bonds. The normalized spacial score (nSPS) is 19.5. The van der Waals surface area contributed by atoms with Gasteiger partial charge in [0.15, 0.2) is 16.0 Å². The van der Waals surface area contributed by atoms with Crippen molar-refractivity contribution in [1.82, 2.24) is 0 Å². The largest absolute Gasteiger partial charge is 0.393 e. The van der Waals surface area contributed by atoms with Crippen LogP contribution in [-0.2, 0) is 16.9 Å². The first-order valence-electron chi connectivity index (χ1n) is 10.8. The summed E-state index contributed by atoms with van der Waals surface area (Å²) in [4.78, 5) is 12.1. The van der Waals surface area contributed by atoms with Gasteiger partial charge in [0.25, 0.3) is 5.69 Å². The Morgan fingerprint density at radius 2 is 1.71 bits per heavy atom. The summed E-state index contributed by atoms with van der Waals surface area (Å²) in [6.45, 7) is 1.65. The lowest BCUT2D eigenvalue weighted by molar-refractivity contribution is -0.671. The highest BCUT2D eigenvalue weighted by molar-refractivity contribution is 7.91. The summed E-state index contributed by atoms with van der Waals surface area (Å²) in [7, 11) is -1.53. The van der Waals surface area contributed by atoms with Gasteiger partial charge < -0.3 is 5.11 Å². The van der Waals surface area contributed by atoms with Crippen LogP contribution >= 0.6 is 0 Å². The first-order valence-corrected chi connectivity index (χ1v) is 12.4. The maximum Gasteiger partial charge on any atom is 0.253 e. The van der Waals surface area contributed by atoms with Crippen LogP contribution in [0.1, 0.15) is 54.6 Å². The lowest BCUT2D eigenvalue weighted by Gasteiger charge is -2.28. The van der Waals surface area contributed by atoms with E-state index < -0.39 is 9.84 Å². The van der Waals surface area contributed by atoms with Crippen LogP contribution in [0.15, 0.2) is 53.6 Å². The van der Waals surface area contributed by atoms with Crippen molar-refractivity contribution < 1.29 is 22.9 Å². The zero-order chi connectivity index (χ0) is 22.2. The maximum absolute atomic E-state index is 12.7. The highest BCUT2D eigenvalue weighted by Crippen LogP contribution is 2.41. The van der Waals surface area contributed by atoms with Gasteiger partial charge in [-0.25, -0.2) is 8.42 Å². The van der Waals surface area contributed by atoms with E-state index in [1.807, 2.05) is 43.6 Å². The molecule has 3 aromatic rings. The monoisotopic (exact) mass is 438 g/mol. The molecule has 162 valence electrons. The molecule has 1 N–H and O–H groups in total. The van der Waals surface area contributed by atoms with Gasteiger partial charge in [-0.1, -0.05) is 31.2 Å². The second-order valence-corrected chi connectivity index (χ2v) is 10.6. The minimum Gasteiger partial charge on any atom is -0.393 e. The van der Waals surface area contributed by atoms with Crippen molar-refractivity contribution in [3.05, 3.63) is 59.9 Å². The molecule has 0 atom stereocenters. The minimum absolute atomic E-state index is 0.0417. The number of aryl methyl sites for hydroxylation is 1. The zero-order valence-corrected chi connectivity index (χ0v) is 18.7. The minimum atomic E-state index is -3.36. The molecule has 0 aliphatic heterocycles. The van der Waals surface area contributed by atoms with Crippen molar-refractivity contribution in [2.24, 2.45) is 7.05 Å². The van der Waals surface area contributed by atoms with Crippen molar-refractivity contribution >= 4 is 26.9 Å². The van der Waals surface area contributed by atoms with Crippen molar-refractivity contribution in [2.45, 2.75) is 49.5 Å². The summed E-state index contributed by atoms with van der Waals surface area (Å²) in [6, 6.07) is 13.2. The molecule has 1 aliphatic carbocycles. The topological polar surface area (TPSA) is 75.3 Å². The fourth-order valence-electron chi connectivity index (χ4n) is 4.70. The maximum atomic E-state index is 12.7. The summed E-state index contributed by atoms with van der Waals surface area (Å²) >= 11 is 0. The second kappa shape index (κ2) is 8.52. The van der Waals surface area contributed by atoms with E-state index in [0.29, 0.717) is 10.6 Å². The third kappa shape index (κ3) is 4.02. The van der Waals surface area contributed by atoms with E-state index in [1.165, 1.54) is 0 Å². The van der Waals surface area contributed by atoms with Crippen LogP contribution in [-0.4, -0.2) is 31.7 Å². The fraction of sp³-hybridized carbons (Fsp3) is 0.360. The van der Waals surface area contributed by atoms with E-state index in [1.54, 1.807) is 23.6 Å².